The standard InChI is InChI=1S/C21H24N2O4/c1-3-23(4-2)20(25)16-9-12-17(13-10-16)22-19(24)14-11-15-7-5-6-8-18(15)21(26)27/h5-10,12-13H,3-4,11,14H2,1-2H3,(H,22,24)(H,26,27). The first-order chi connectivity index (χ1) is 13.0. The monoisotopic (exact) mass is 368 g/mol. The van der Waals surface area contributed by atoms with Crippen molar-refractivity contribution in [2.24, 2.45) is 0 Å². The number of carbonyl (C=O) groups excluding carboxylic acids is 2. The van der Waals surface area contributed by atoms with Crippen LogP contribution in [0.25, 0.3) is 0 Å². The number of aromatic carboxylic acids is 1. The number of nitrogens with zero attached hydrogens (tertiary/aromatic N) is 1. The normalized spacial score (nSPS) is 10.3. The van der Waals surface area contributed by atoms with E-state index in [-0.39, 0.29) is 23.8 Å². The Morgan fingerprint density at radius 1 is 0.963 bits per heavy atom. The minimum absolute atomic E-state index is 0.0387. The summed E-state index contributed by atoms with van der Waals surface area (Å²) < 4.78 is 0. The van der Waals surface area contributed by atoms with Gasteiger partial charge in [0.05, 0.1) is 5.56 Å². The van der Waals surface area contributed by atoms with E-state index in [2.05, 4.69) is 5.32 Å². The van der Waals surface area contributed by atoms with Gasteiger partial charge in [0.1, 0.15) is 0 Å². The van der Waals surface area contributed by atoms with Gasteiger partial charge in [0, 0.05) is 30.8 Å². The molecule has 2 N–H and O–H groups in total. The molecule has 6 heteroatoms. The van der Waals surface area contributed by atoms with Gasteiger partial charge in [0.25, 0.3) is 5.91 Å². The van der Waals surface area contributed by atoms with Crippen molar-refractivity contribution in [3.8, 4) is 0 Å². The van der Waals surface area contributed by atoms with E-state index in [1.807, 2.05) is 13.8 Å². The highest BCUT2D eigenvalue weighted by Gasteiger charge is 2.13. The lowest BCUT2D eigenvalue weighted by Crippen LogP contribution is -2.30. The molecule has 0 heterocycles. The summed E-state index contributed by atoms with van der Waals surface area (Å²) >= 11 is 0. The van der Waals surface area contributed by atoms with E-state index >= 15 is 0 Å². The fourth-order valence-electron chi connectivity index (χ4n) is 2.81. The van der Waals surface area contributed by atoms with E-state index in [1.54, 1.807) is 47.4 Å². The Bertz CT molecular complexity index is 811. The Balaban J connectivity index is 1.95. The summed E-state index contributed by atoms with van der Waals surface area (Å²) in [5, 5.41) is 12.0. The average molecular weight is 368 g/mol. The maximum atomic E-state index is 12.3. The van der Waals surface area contributed by atoms with E-state index < -0.39 is 5.97 Å². The van der Waals surface area contributed by atoms with Gasteiger partial charge >= 0.3 is 5.97 Å². The fourth-order valence-corrected chi connectivity index (χ4v) is 2.81. The van der Waals surface area contributed by atoms with E-state index in [4.69, 9.17) is 0 Å². The molecule has 0 spiro atoms. The zero-order valence-electron chi connectivity index (χ0n) is 15.6. The molecule has 2 aromatic rings. The molecule has 0 atom stereocenters. The summed E-state index contributed by atoms with van der Waals surface area (Å²) in [5.74, 6) is -1.25. The summed E-state index contributed by atoms with van der Waals surface area (Å²) in [5.41, 5.74) is 2.01. The van der Waals surface area contributed by atoms with Crippen molar-refractivity contribution in [2.45, 2.75) is 26.7 Å². The van der Waals surface area contributed by atoms with E-state index in [0.29, 0.717) is 36.3 Å². The third-order valence-electron chi connectivity index (χ3n) is 4.34. The molecular weight excluding hydrogens is 344 g/mol. The van der Waals surface area contributed by atoms with Gasteiger partial charge in [0.15, 0.2) is 0 Å². The Labute approximate surface area is 158 Å². The molecule has 0 bridgehead atoms. The molecule has 0 radical (unpaired) electrons. The van der Waals surface area contributed by atoms with Crippen LogP contribution >= 0.6 is 0 Å². The van der Waals surface area contributed by atoms with Gasteiger partial charge in [0.2, 0.25) is 5.91 Å². The van der Waals surface area contributed by atoms with Crippen LogP contribution in [0, 0.1) is 0 Å². The lowest BCUT2D eigenvalue weighted by Gasteiger charge is -2.18. The molecule has 2 rings (SSSR count). The SMILES string of the molecule is CCN(CC)C(=O)c1ccc(NC(=O)CCc2ccccc2C(=O)O)cc1. The molecule has 0 aliphatic heterocycles. The van der Waals surface area contributed by atoms with Crippen LogP contribution < -0.4 is 5.32 Å². The van der Waals surface area contributed by atoms with Crippen LogP contribution in [-0.2, 0) is 11.2 Å². The summed E-state index contributed by atoms with van der Waals surface area (Å²) in [6.45, 7) is 5.15. The van der Waals surface area contributed by atoms with E-state index in [1.165, 1.54) is 6.07 Å². The number of carboxylic acids is 1. The van der Waals surface area contributed by atoms with Gasteiger partial charge in [-0.25, -0.2) is 4.79 Å². The minimum Gasteiger partial charge on any atom is -0.478 e. The molecule has 0 saturated carbocycles. The van der Waals surface area contributed by atoms with Crippen molar-refractivity contribution in [2.75, 3.05) is 18.4 Å². The first kappa shape index (κ1) is 20.2. The number of carboxylic acid groups (broad SMARTS) is 1. The van der Waals surface area contributed by atoms with Crippen molar-refractivity contribution >= 4 is 23.5 Å². The molecule has 0 aromatic heterocycles. The fraction of sp³-hybridized carbons (Fsp3) is 0.286. The maximum absolute atomic E-state index is 12.3. The van der Waals surface area contributed by atoms with Gasteiger partial charge < -0.3 is 15.3 Å². The predicted octanol–water partition coefficient (Wildman–Crippen LogP) is 3.44. The number of anilines is 1. The third-order valence-corrected chi connectivity index (χ3v) is 4.34. The van der Waals surface area contributed by atoms with Gasteiger partial charge in [-0.15, -0.1) is 0 Å². The van der Waals surface area contributed by atoms with Crippen LogP contribution in [0.2, 0.25) is 0 Å². The summed E-state index contributed by atoms with van der Waals surface area (Å²) in [6.07, 6.45) is 0.511. The van der Waals surface area contributed by atoms with Crippen LogP contribution in [-0.4, -0.2) is 40.9 Å². The Kier molecular flexibility index (Phi) is 7.11. The number of aryl methyl sites for hydroxylation is 1. The highest BCUT2D eigenvalue weighted by Crippen LogP contribution is 2.14. The van der Waals surface area contributed by atoms with Gasteiger partial charge in [-0.1, -0.05) is 18.2 Å². The highest BCUT2D eigenvalue weighted by molar-refractivity contribution is 5.96. The van der Waals surface area contributed by atoms with Crippen molar-refractivity contribution < 1.29 is 19.5 Å². The molecule has 0 aliphatic rings. The zero-order valence-corrected chi connectivity index (χ0v) is 15.6. The summed E-state index contributed by atoms with van der Waals surface area (Å²) in [6, 6.07) is 13.4. The molecule has 0 unspecified atom stereocenters. The molecule has 2 aromatic carbocycles. The third kappa shape index (κ3) is 5.41. The molecule has 0 fully saturated rings. The van der Waals surface area contributed by atoms with Crippen LogP contribution in [0.4, 0.5) is 5.69 Å². The smallest absolute Gasteiger partial charge is 0.335 e. The summed E-state index contributed by atoms with van der Waals surface area (Å²) in [4.78, 5) is 37.4. The second-order valence-electron chi connectivity index (χ2n) is 6.07. The van der Waals surface area contributed by atoms with Gasteiger partial charge in [-0.05, 0) is 56.2 Å². The molecule has 0 aliphatic carbocycles. The largest absolute Gasteiger partial charge is 0.478 e. The summed E-state index contributed by atoms with van der Waals surface area (Å²) in [7, 11) is 0. The van der Waals surface area contributed by atoms with Crippen molar-refractivity contribution in [1.82, 2.24) is 4.90 Å². The number of hydrogen-bond acceptors (Lipinski definition) is 3. The van der Waals surface area contributed by atoms with Crippen molar-refractivity contribution in [1.29, 1.82) is 0 Å². The maximum Gasteiger partial charge on any atom is 0.335 e. The predicted molar refractivity (Wildman–Crippen MR) is 104 cm³/mol. The van der Waals surface area contributed by atoms with E-state index in [9.17, 15) is 19.5 Å². The van der Waals surface area contributed by atoms with Crippen molar-refractivity contribution in [3.05, 3.63) is 65.2 Å². The number of benzene rings is 2. The molecular formula is C21H24N2O4. The topological polar surface area (TPSA) is 86.7 Å². The van der Waals surface area contributed by atoms with Gasteiger partial charge in [-0.2, -0.15) is 0 Å². The van der Waals surface area contributed by atoms with Gasteiger partial charge in [-0.3, -0.25) is 9.59 Å². The number of nitrogens with one attached hydrogen (secondary N) is 1. The Hall–Kier alpha value is -3.15. The van der Waals surface area contributed by atoms with Crippen LogP contribution in [0.5, 0.6) is 0 Å². The first-order valence-electron chi connectivity index (χ1n) is 8.96. The van der Waals surface area contributed by atoms with Crippen LogP contribution in [0.3, 0.4) is 0 Å². The number of amides is 2. The number of carbonyl (C=O) groups is 3. The highest BCUT2D eigenvalue weighted by atomic mass is 16.4. The Morgan fingerprint density at radius 3 is 2.19 bits per heavy atom. The zero-order chi connectivity index (χ0) is 19.8. The number of rotatable bonds is 8. The Morgan fingerprint density at radius 2 is 1.59 bits per heavy atom. The first-order valence-corrected chi connectivity index (χ1v) is 8.96. The molecule has 6 nitrogen and oxygen atoms in total. The molecule has 0 saturated heterocycles. The van der Waals surface area contributed by atoms with Crippen LogP contribution in [0.1, 0.15) is 46.5 Å². The molecule has 2 amide bonds. The average Bonchev–Trinajstić information content (AvgIpc) is 2.68. The minimum atomic E-state index is -1.00. The molecule has 142 valence electrons. The molecule has 27 heavy (non-hydrogen) atoms. The lowest BCUT2D eigenvalue weighted by atomic mass is 10.0. The number of hydrogen-bond donors (Lipinski definition) is 2. The lowest BCUT2D eigenvalue weighted by molar-refractivity contribution is -0.116. The van der Waals surface area contributed by atoms with Crippen molar-refractivity contribution in [3.63, 3.8) is 0 Å². The second-order valence-corrected chi connectivity index (χ2v) is 6.07. The quantitative estimate of drug-likeness (QED) is 0.747. The second kappa shape index (κ2) is 9.52. The van der Waals surface area contributed by atoms with E-state index in [0.717, 1.165) is 0 Å². The van der Waals surface area contributed by atoms with Crippen LogP contribution in [0.15, 0.2) is 48.5 Å².